The molecule has 88 valence electrons. The summed E-state index contributed by atoms with van der Waals surface area (Å²) in [7, 11) is 0. The van der Waals surface area contributed by atoms with Gasteiger partial charge < -0.3 is 0 Å². The summed E-state index contributed by atoms with van der Waals surface area (Å²) in [5.74, 6) is 0.824. The fourth-order valence-corrected chi connectivity index (χ4v) is 2.24. The van der Waals surface area contributed by atoms with Crippen molar-refractivity contribution in [2.45, 2.75) is 13.8 Å². The molecule has 1 heterocycles. The maximum atomic E-state index is 4.51. The van der Waals surface area contributed by atoms with Crippen molar-refractivity contribution in [1.29, 1.82) is 0 Å². The molecular formula is C16H14N2. The second kappa shape index (κ2) is 4.22. The molecule has 0 N–H and O–H groups in total. The Hall–Kier alpha value is -2.22. The van der Waals surface area contributed by atoms with E-state index in [9.17, 15) is 0 Å². The number of nitrogens with zero attached hydrogens (tertiary/aromatic N) is 2. The molecule has 0 saturated carbocycles. The van der Waals surface area contributed by atoms with E-state index in [1.807, 2.05) is 19.9 Å². The first kappa shape index (κ1) is 10.9. The van der Waals surface area contributed by atoms with E-state index in [4.69, 9.17) is 0 Å². The molecule has 0 unspecified atom stereocenters. The molecule has 18 heavy (non-hydrogen) atoms. The van der Waals surface area contributed by atoms with Crippen molar-refractivity contribution in [3.05, 3.63) is 60.0 Å². The normalized spacial score (nSPS) is 10.8. The lowest BCUT2D eigenvalue weighted by atomic mass is 10.0. The maximum absolute atomic E-state index is 4.51. The fraction of sp³-hybridized carbons (Fsp3) is 0.125. The first-order valence-corrected chi connectivity index (χ1v) is 6.04. The van der Waals surface area contributed by atoms with Crippen LogP contribution >= 0.6 is 0 Å². The Morgan fingerprint density at radius 3 is 2.33 bits per heavy atom. The van der Waals surface area contributed by atoms with Crippen LogP contribution in [0.5, 0.6) is 0 Å². The second-order valence-corrected chi connectivity index (χ2v) is 4.45. The summed E-state index contributed by atoms with van der Waals surface area (Å²) in [4.78, 5) is 8.90. The van der Waals surface area contributed by atoms with E-state index in [0.717, 1.165) is 22.4 Å². The van der Waals surface area contributed by atoms with Gasteiger partial charge in [0.1, 0.15) is 5.82 Å². The molecule has 0 radical (unpaired) electrons. The Morgan fingerprint density at radius 2 is 1.56 bits per heavy atom. The minimum absolute atomic E-state index is 0.824. The Kier molecular flexibility index (Phi) is 2.56. The molecule has 1 aromatic heterocycles. The number of fused-ring (bicyclic) bond motifs is 1. The van der Waals surface area contributed by atoms with E-state index >= 15 is 0 Å². The third-order valence-corrected chi connectivity index (χ3v) is 3.11. The van der Waals surface area contributed by atoms with E-state index in [2.05, 4.69) is 52.4 Å². The van der Waals surface area contributed by atoms with Crippen LogP contribution in [0.2, 0.25) is 0 Å². The molecule has 2 nitrogen and oxygen atoms in total. The number of hydrogen-bond donors (Lipinski definition) is 0. The van der Waals surface area contributed by atoms with Gasteiger partial charge in [0.25, 0.3) is 0 Å². The van der Waals surface area contributed by atoms with Crippen molar-refractivity contribution < 1.29 is 0 Å². The molecule has 3 rings (SSSR count). The van der Waals surface area contributed by atoms with E-state index in [1.54, 1.807) is 0 Å². The van der Waals surface area contributed by atoms with Crippen LogP contribution in [0.3, 0.4) is 0 Å². The molecule has 0 aliphatic rings. The smallest absolute Gasteiger partial charge is 0.126 e. The summed E-state index contributed by atoms with van der Waals surface area (Å²) in [5.41, 5.74) is 4.47. The van der Waals surface area contributed by atoms with E-state index in [0.29, 0.717) is 0 Å². The summed E-state index contributed by atoms with van der Waals surface area (Å²) in [6, 6.07) is 16.7. The average molecular weight is 234 g/mol. The summed E-state index contributed by atoms with van der Waals surface area (Å²) in [6.07, 6.45) is 0. The van der Waals surface area contributed by atoms with Crippen molar-refractivity contribution in [2.24, 2.45) is 0 Å². The van der Waals surface area contributed by atoms with Gasteiger partial charge >= 0.3 is 0 Å². The van der Waals surface area contributed by atoms with Gasteiger partial charge in [0.2, 0.25) is 0 Å². The van der Waals surface area contributed by atoms with Crippen LogP contribution in [0.25, 0.3) is 22.0 Å². The second-order valence-electron chi connectivity index (χ2n) is 4.45. The minimum atomic E-state index is 0.824. The van der Waals surface area contributed by atoms with E-state index < -0.39 is 0 Å². The number of rotatable bonds is 1. The van der Waals surface area contributed by atoms with Gasteiger partial charge in [0, 0.05) is 11.1 Å². The summed E-state index contributed by atoms with van der Waals surface area (Å²) in [5, 5.41) is 1.13. The molecule has 2 heteroatoms. The Bertz CT molecular complexity index is 703. The predicted molar refractivity (Wildman–Crippen MR) is 74.4 cm³/mol. The highest BCUT2D eigenvalue weighted by atomic mass is 14.9. The van der Waals surface area contributed by atoms with Crippen LogP contribution in [0.4, 0.5) is 0 Å². The van der Waals surface area contributed by atoms with E-state index in [-0.39, 0.29) is 0 Å². The monoisotopic (exact) mass is 234 g/mol. The molecular weight excluding hydrogens is 220 g/mol. The third-order valence-electron chi connectivity index (χ3n) is 3.11. The molecule has 0 atom stereocenters. The molecule has 0 fully saturated rings. The first-order valence-electron chi connectivity index (χ1n) is 6.04. The highest BCUT2D eigenvalue weighted by Crippen LogP contribution is 2.24. The topological polar surface area (TPSA) is 25.8 Å². The molecule has 0 aliphatic carbocycles. The number of hydrogen-bond acceptors (Lipinski definition) is 2. The van der Waals surface area contributed by atoms with Gasteiger partial charge in [-0.2, -0.15) is 0 Å². The first-order chi connectivity index (χ1) is 8.74. The van der Waals surface area contributed by atoms with Crippen molar-refractivity contribution in [3.63, 3.8) is 0 Å². The zero-order valence-corrected chi connectivity index (χ0v) is 10.5. The summed E-state index contributed by atoms with van der Waals surface area (Å²) < 4.78 is 0. The quantitative estimate of drug-likeness (QED) is 0.638. The van der Waals surface area contributed by atoms with Gasteiger partial charge in [-0.25, -0.2) is 9.97 Å². The number of aryl methyl sites for hydroxylation is 2. The maximum Gasteiger partial charge on any atom is 0.126 e. The van der Waals surface area contributed by atoms with Crippen LogP contribution in [0.15, 0.2) is 48.5 Å². The predicted octanol–water partition coefficient (Wildman–Crippen LogP) is 3.91. The lowest BCUT2D eigenvalue weighted by Crippen LogP contribution is -1.93. The van der Waals surface area contributed by atoms with Crippen molar-refractivity contribution in [2.75, 3.05) is 0 Å². The van der Waals surface area contributed by atoms with Gasteiger partial charge in [-0.1, -0.05) is 42.5 Å². The molecule has 0 aliphatic heterocycles. The molecule has 0 spiro atoms. The van der Waals surface area contributed by atoms with Gasteiger partial charge in [-0.15, -0.1) is 0 Å². The van der Waals surface area contributed by atoms with Crippen LogP contribution in [0, 0.1) is 13.8 Å². The highest BCUT2D eigenvalue weighted by molar-refractivity contribution is 5.85. The average Bonchev–Trinajstić information content (AvgIpc) is 2.39. The van der Waals surface area contributed by atoms with Crippen molar-refractivity contribution in [3.8, 4) is 11.1 Å². The fourth-order valence-electron chi connectivity index (χ4n) is 2.24. The van der Waals surface area contributed by atoms with Gasteiger partial charge in [-0.3, -0.25) is 0 Å². The van der Waals surface area contributed by atoms with Crippen molar-refractivity contribution in [1.82, 2.24) is 9.97 Å². The number of aromatic nitrogens is 2. The van der Waals surface area contributed by atoms with Gasteiger partial charge in [0.05, 0.1) is 5.52 Å². The van der Waals surface area contributed by atoms with Gasteiger partial charge in [-0.05, 0) is 31.0 Å². The van der Waals surface area contributed by atoms with Crippen LogP contribution in [-0.2, 0) is 0 Å². The van der Waals surface area contributed by atoms with Crippen LogP contribution in [-0.4, -0.2) is 9.97 Å². The third kappa shape index (κ3) is 1.86. The van der Waals surface area contributed by atoms with Crippen LogP contribution < -0.4 is 0 Å². The minimum Gasteiger partial charge on any atom is -0.238 e. The molecule has 2 aromatic carbocycles. The molecule has 3 aromatic rings. The molecule has 0 bridgehead atoms. The summed E-state index contributed by atoms with van der Waals surface area (Å²) in [6.45, 7) is 3.96. The van der Waals surface area contributed by atoms with Gasteiger partial charge in [0.15, 0.2) is 0 Å². The van der Waals surface area contributed by atoms with E-state index in [1.165, 1.54) is 11.1 Å². The Morgan fingerprint density at radius 1 is 0.778 bits per heavy atom. The highest BCUT2D eigenvalue weighted by Gasteiger charge is 2.04. The van der Waals surface area contributed by atoms with Crippen molar-refractivity contribution >= 4 is 10.9 Å². The zero-order chi connectivity index (χ0) is 12.5. The Labute approximate surface area is 106 Å². The largest absolute Gasteiger partial charge is 0.238 e. The lowest BCUT2D eigenvalue weighted by Gasteiger charge is -2.06. The lowest BCUT2D eigenvalue weighted by molar-refractivity contribution is 1.05. The summed E-state index contributed by atoms with van der Waals surface area (Å²) >= 11 is 0. The zero-order valence-electron chi connectivity index (χ0n) is 10.5. The molecule has 0 saturated heterocycles. The number of benzene rings is 2. The van der Waals surface area contributed by atoms with Crippen LogP contribution in [0.1, 0.15) is 11.5 Å². The molecule has 0 amide bonds. The Balaban J connectivity index is 2.23. The standard InChI is InChI=1S/C16H14N2/c1-11-15-9-8-14(13-6-4-3-5-7-13)10-16(15)18-12(2)17-11/h3-10H,1-2H3. The SMILES string of the molecule is Cc1nc(C)c2ccc(-c3ccccc3)cc2n1.